The van der Waals surface area contributed by atoms with E-state index in [-0.39, 0.29) is 17.5 Å². The van der Waals surface area contributed by atoms with Crippen LogP contribution in [-0.4, -0.2) is 10.2 Å². The smallest absolute Gasteiger partial charge is 0.269 e. The highest BCUT2D eigenvalue weighted by Crippen LogP contribution is 2.29. The lowest BCUT2D eigenvalue weighted by molar-refractivity contribution is 0.590. The van der Waals surface area contributed by atoms with E-state index in [1.165, 1.54) is 5.56 Å². The molecule has 4 heteroatoms. The van der Waals surface area contributed by atoms with E-state index in [1.54, 1.807) is 0 Å². The molecule has 1 aromatic heterocycles. The first-order valence-electron chi connectivity index (χ1n) is 6.45. The molecule has 1 heterocycles. The van der Waals surface area contributed by atoms with Gasteiger partial charge in [-0.25, -0.2) is 0 Å². The van der Waals surface area contributed by atoms with E-state index in [4.69, 9.17) is 5.73 Å². The summed E-state index contributed by atoms with van der Waals surface area (Å²) >= 11 is 0. The van der Waals surface area contributed by atoms with Crippen molar-refractivity contribution in [1.29, 1.82) is 0 Å². The van der Waals surface area contributed by atoms with E-state index in [0.717, 1.165) is 16.8 Å². The minimum Gasteiger partial charge on any atom is -0.326 e. The van der Waals surface area contributed by atoms with Gasteiger partial charge in [0.25, 0.3) is 5.56 Å². The molecule has 0 saturated heterocycles. The van der Waals surface area contributed by atoms with Gasteiger partial charge in [-0.05, 0) is 23.5 Å². The van der Waals surface area contributed by atoms with E-state index < -0.39 is 0 Å². The lowest BCUT2D eigenvalue weighted by Gasteiger charge is -2.20. The molecule has 0 fully saturated rings. The van der Waals surface area contributed by atoms with Gasteiger partial charge in [0.15, 0.2) is 0 Å². The molecule has 19 heavy (non-hydrogen) atoms. The second-order valence-corrected chi connectivity index (χ2v) is 5.92. The predicted octanol–water partition coefficient (Wildman–Crippen LogP) is 2.43. The van der Waals surface area contributed by atoms with E-state index in [0.29, 0.717) is 5.56 Å². The normalized spacial score (nSPS) is 11.8. The van der Waals surface area contributed by atoms with Gasteiger partial charge in [0.2, 0.25) is 0 Å². The Bertz CT molecular complexity index is 644. The predicted molar refractivity (Wildman–Crippen MR) is 78.2 cm³/mol. The van der Waals surface area contributed by atoms with Gasteiger partial charge < -0.3 is 5.73 Å². The second kappa shape index (κ2) is 4.70. The molecule has 0 aliphatic heterocycles. The molecule has 102 valence electrons. The maximum absolute atomic E-state index is 11.6. The number of benzene rings is 1. The molecule has 2 rings (SSSR count). The standard InChI is InChI=1S/C15H21N3O/c1-9-7-10(15(2,3)4)5-6-11(9)13-12(8-16)14(19)18-17-13/h5-7H,8,16H2,1-4H3,(H2,17,18,19). The second-order valence-electron chi connectivity index (χ2n) is 5.92. The van der Waals surface area contributed by atoms with Crippen LogP contribution < -0.4 is 11.3 Å². The number of aromatic nitrogens is 2. The van der Waals surface area contributed by atoms with Crippen molar-refractivity contribution in [2.24, 2.45) is 5.73 Å². The van der Waals surface area contributed by atoms with Crippen LogP contribution in [0.4, 0.5) is 0 Å². The summed E-state index contributed by atoms with van der Waals surface area (Å²) in [5.74, 6) is 0. The number of nitrogens with two attached hydrogens (primary N) is 1. The Hall–Kier alpha value is -1.81. The van der Waals surface area contributed by atoms with Gasteiger partial charge in [0, 0.05) is 12.1 Å². The zero-order valence-electron chi connectivity index (χ0n) is 11.9. The summed E-state index contributed by atoms with van der Waals surface area (Å²) in [6.45, 7) is 8.84. The Labute approximate surface area is 113 Å². The Kier molecular flexibility index (Phi) is 3.37. The summed E-state index contributed by atoms with van der Waals surface area (Å²) < 4.78 is 0. The van der Waals surface area contributed by atoms with Crippen LogP contribution in [0, 0.1) is 6.92 Å². The van der Waals surface area contributed by atoms with E-state index in [1.807, 2.05) is 6.07 Å². The van der Waals surface area contributed by atoms with Crippen LogP contribution in [0.5, 0.6) is 0 Å². The van der Waals surface area contributed by atoms with Crippen LogP contribution in [0.1, 0.15) is 37.5 Å². The maximum Gasteiger partial charge on any atom is 0.269 e. The Morgan fingerprint density at radius 1 is 1.21 bits per heavy atom. The molecule has 4 nitrogen and oxygen atoms in total. The largest absolute Gasteiger partial charge is 0.326 e. The average Bonchev–Trinajstić information content (AvgIpc) is 2.69. The van der Waals surface area contributed by atoms with E-state index >= 15 is 0 Å². The van der Waals surface area contributed by atoms with E-state index in [9.17, 15) is 4.79 Å². The first-order chi connectivity index (χ1) is 8.84. The van der Waals surface area contributed by atoms with Crippen LogP contribution >= 0.6 is 0 Å². The number of H-pyrrole nitrogens is 2. The Morgan fingerprint density at radius 2 is 1.89 bits per heavy atom. The fourth-order valence-corrected chi connectivity index (χ4v) is 2.22. The molecule has 0 unspecified atom stereocenters. The van der Waals surface area contributed by atoms with Gasteiger partial charge in [0.05, 0.1) is 11.3 Å². The first-order valence-corrected chi connectivity index (χ1v) is 6.45. The van der Waals surface area contributed by atoms with Crippen molar-refractivity contribution in [2.75, 3.05) is 0 Å². The molecule has 0 atom stereocenters. The van der Waals surface area contributed by atoms with Crippen LogP contribution in [0.2, 0.25) is 0 Å². The lowest BCUT2D eigenvalue weighted by atomic mass is 9.85. The van der Waals surface area contributed by atoms with Gasteiger partial charge in [-0.3, -0.25) is 15.0 Å². The summed E-state index contributed by atoms with van der Waals surface area (Å²) in [5.41, 5.74) is 10.5. The third-order valence-corrected chi connectivity index (χ3v) is 3.44. The van der Waals surface area contributed by atoms with Gasteiger partial charge in [0.1, 0.15) is 0 Å². The molecule has 2 aromatic rings. The molecule has 0 aliphatic rings. The van der Waals surface area contributed by atoms with Crippen molar-refractivity contribution in [1.82, 2.24) is 10.2 Å². The number of aryl methyl sites for hydroxylation is 1. The summed E-state index contributed by atoms with van der Waals surface area (Å²) in [4.78, 5) is 11.6. The summed E-state index contributed by atoms with van der Waals surface area (Å²) in [6.07, 6.45) is 0. The van der Waals surface area contributed by atoms with Gasteiger partial charge in [-0.15, -0.1) is 0 Å². The molecule has 0 amide bonds. The number of aromatic amines is 2. The minimum absolute atomic E-state index is 0.117. The van der Waals surface area contributed by atoms with Crippen molar-refractivity contribution in [2.45, 2.75) is 39.7 Å². The lowest BCUT2D eigenvalue weighted by Crippen LogP contribution is -2.12. The molecule has 0 spiro atoms. The number of hydrogen-bond acceptors (Lipinski definition) is 2. The van der Waals surface area contributed by atoms with Gasteiger partial charge >= 0.3 is 0 Å². The Morgan fingerprint density at radius 3 is 2.42 bits per heavy atom. The highest BCUT2D eigenvalue weighted by molar-refractivity contribution is 5.67. The topological polar surface area (TPSA) is 74.7 Å². The summed E-state index contributed by atoms with van der Waals surface area (Å²) in [6, 6.07) is 6.32. The van der Waals surface area contributed by atoms with Crippen molar-refractivity contribution >= 4 is 0 Å². The van der Waals surface area contributed by atoms with Gasteiger partial charge in [-0.2, -0.15) is 0 Å². The summed E-state index contributed by atoms with van der Waals surface area (Å²) in [5, 5.41) is 5.52. The highest BCUT2D eigenvalue weighted by atomic mass is 16.1. The molecular formula is C15H21N3O. The maximum atomic E-state index is 11.6. The van der Waals surface area contributed by atoms with Crippen LogP contribution in [-0.2, 0) is 12.0 Å². The van der Waals surface area contributed by atoms with Crippen LogP contribution in [0.3, 0.4) is 0 Å². The molecule has 0 bridgehead atoms. The zero-order chi connectivity index (χ0) is 14.2. The van der Waals surface area contributed by atoms with Crippen molar-refractivity contribution < 1.29 is 0 Å². The number of rotatable bonds is 2. The highest BCUT2D eigenvalue weighted by Gasteiger charge is 2.17. The van der Waals surface area contributed by atoms with Gasteiger partial charge in [-0.1, -0.05) is 39.0 Å². The SMILES string of the molecule is Cc1cc(C(C)(C)C)ccc1-c1[nH][nH]c(=O)c1CN. The molecule has 0 aliphatic carbocycles. The van der Waals surface area contributed by atoms with Crippen LogP contribution in [0.15, 0.2) is 23.0 Å². The van der Waals surface area contributed by atoms with Crippen molar-refractivity contribution in [3.63, 3.8) is 0 Å². The quantitative estimate of drug-likeness (QED) is 0.775. The molecule has 1 aromatic carbocycles. The fraction of sp³-hybridized carbons (Fsp3) is 0.400. The molecule has 0 radical (unpaired) electrons. The third kappa shape index (κ3) is 2.49. The molecular weight excluding hydrogens is 238 g/mol. The number of nitrogens with one attached hydrogen (secondary N) is 2. The zero-order valence-corrected chi connectivity index (χ0v) is 11.9. The summed E-state index contributed by atoms with van der Waals surface area (Å²) in [7, 11) is 0. The van der Waals surface area contributed by atoms with E-state index in [2.05, 4.69) is 50.0 Å². The molecule has 4 N–H and O–H groups in total. The molecule has 0 saturated carbocycles. The van der Waals surface area contributed by atoms with Crippen molar-refractivity contribution in [3.8, 4) is 11.3 Å². The Balaban J connectivity index is 2.55. The van der Waals surface area contributed by atoms with Crippen LogP contribution in [0.25, 0.3) is 11.3 Å². The third-order valence-electron chi connectivity index (χ3n) is 3.44. The monoisotopic (exact) mass is 259 g/mol. The minimum atomic E-state index is -0.142. The number of hydrogen-bond donors (Lipinski definition) is 3. The fourth-order valence-electron chi connectivity index (χ4n) is 2.22. The van der Waals surface area contributed by atoms with Crippen molar-refractivity contribution in [3.05, 3.63) is 45.2 Å². The first kappa shape index (κ1) is 13.6. The average molecular weight is 259 g/mol.